The van der Waals surface area contributed by atoms with Crippen LogP contribution < -0.4 is 15.0 Å². The van der Waals surface area contributed by atoms with Crippen molar-refractivity contribution in [1.29, 1.82) is 0 Å². The van der Waals surface area contributed by atoms with Crippen molar-refractivity contribution in [2.45, 2.75) is 26.4 Å². The summed E-state index contributed by atoms with van der Waals surface area (Å²) in [5.41, 5.74) is 4.22. The molecule has 0 saturated heterocycles. The predicted octanol–water partition coefficient (Wildman–Crippen LogP) is 4.14. The maximum atomic E-state index is 11.8. The largest absolute Gasteiger partial charge is 0.493 e. The Labute approximate surface area is 154 Å². The van der Waals surface area contributed by atoms with Crippen LogP contribution in [0.4, 0.5) is 0 Å². The molecule has 2 aromatic rings. The van der Waals surface area contributed by atoms with Gasteiger partial charge in [0.15, 0.2) is 11.5 Å². The topological polar surface area (TPSA) is 56.8 Å². The van der Waals surface area contributed by atoms with E-state index in [0.29, 0.717) is 24.7 Å². The van der Waals surface area contributed by atoms with Crippen LogP contribution in [-0.2, 0) is 16.2 Å². The van der Waals surface area contributed by atoms with Crippen LogP contribution in [0.5, 0.6) is 11.5 Å². The lowest BCUT2D eigenvalue weighted by atomic mass is 10.2. The Hall–Kier alpha value is -2.79. The van der Waals surface area contributed by atoms with E-state index in [1.54, 1.807) is 13.2 Å². The summed E-state index contributed by atoms with van der Waals surface area (Å²) < 4.78 is 11.0. The van der Waals surface area contributed by atoms with Gasteiger partial charge in [-0.05, 0) is 35.8 Å². The number of hydrogen-bond acceptors (Lipinski definition) is 4. The first-order valence-electron chi connectivity index (χ1n) is 8.67. The standard InChI is InChI=1S/C21H25NO4/c1-3-4-14-25-19-12-10-17(15-20(19)24-2)11-13-21(23)22-26-16-18-8-6-5-7-9-18/h5-13,15H,3-4,14,16H2,1-2H3,(H,22,23). The minimum Gasteiger partial charge on any atom is -0.493 e. The lowest BCUT2D eigenvalue weighted by Crippen LogP contribution is -2.21. The van der Waals surface area contributed by atoms with Crippen LogP contribution in [0.15, 0.2) is 54.6 Å². The van der Waals surface area contributed by atoms with E-state index in [1.807, 2.05) is 48.5 Å². The summed E-state index contributed by atoms with van der Waals surface area (Å²) in [7, 11) is 1.60. The van der Waals surface area contributed by atoms with Gasteiger partial charge in [0.1, 0.15) is 0 Å². The van der Waals surface area contributed by atoms with Crippen LogP contribution in [0, 0.1) is 0 Å². The zero-order chi connectivity index (χ0) is 18.6. The molecule has 0 atom stereocenters. The number of rotatable bonds is 10. The van der Waals surface area contributed by atoms with Crippen molar-refractivity contribution >= 4 is 12.0 Å². The summed E-state index contributed by atoms with van der Waals surface area (Å²) in [4.78, 5) is 17.0. The van der Waals surface area contributed by atoms with E-state index in [-0.39, 0.29) is 5.91 Å². The number of nitrogens with one attached hydrogen (secondary N) is 1. The lowest BCUT2D eigenvalue weighted by Gasteiger charge is -2.11. The quantitative estimate of drug-likeness (QED) is 0.395. The van der Waals surface area contributed by atoms with Crippen molar-refractivity contribution in [1.82, 2.24) is 5.48 Å². The highest BCUT2D eigenvalue weighted by Gasteiger charge is 2.05. The van der Waals surface area contributed by atoms with Gasteiger partial charge in [-0.3, -0.25) is 9.63 Å². The zero-order valence-electron chi connectivity index (χ0n) is 15.2. The van der Waals surface area contributed by atoms with E-state index >= 15 is 0 Å². The molecular formula is C21H25NO4. The first-order chi connectivity index (χ1) is 12.7. The van der Waals surface area contributed by atoms with Gasteiger partial charge in [-0.1, -0.05) is 49.7 Å². The summed E-state index contributed by atoms with van der Waals surface area (Å²) in [5, 5.41) is 0. The average Bonchev–Trinajstić information content (AvgIpc) is 2.68. The van der Waals surface area contributed by atoms with Crippen molar-refractivity contribution in [3.63, 3.8) is 0 Å². The van der Waals surface area contributed by atoms with Gasteiger partial charge in [0.05, 0.1) is 20.3 Å². The number of hydrogen-bond donors (Lipinski definition) is 1. The van der Waals surface area contributed by atoms with Gasteiger partial charge in [-0.2, -0.15) is 0 Å². The van der Waals surface area contributed by atoms with E-state index in [2.05, 4.69) is 12.4 Å². The number of carbonyl (C=O) groups excluding carboxylic acids is 1. The molecule has 5 nitrogen and oxygen atoms in total. The van der Waals surface area contributed by atoms with Crippen molar-refractivity contribution in [2.24, 2.45) is 0 Å². The van der Waals surface area contributed by atoms with E-state index < -0.39 is 0 Å². The van der Waals surface area contributed by atoms with Crippen molar-refractivity contribution in [3.8, 4) is 11.5 Å². The summed E-state index contributed by atoms with van der Waals surface area (Å²) >= 11 is 0. The van der Waals surface area contributed by atoms with Gasteiger partial charge in [0.2, 0.25) is 0 Å². The van der Waals surface area contributed by atoms with Gasteiger partial charge in [0, 0.05) is 6.08 Å². The molecule has 26 heavy (non-hydrogen) atoms. The number of hydroxylamine groups is 1. The number of ether oxygens (including phenoxy) is 2. The Morgan fingerprint density at radius 1 is 1.12 bits per heavy atom. The molecule has 5 heteroatoms. The molecule has 0 spiro atoms. The Kier molecular flexibility index (Phi) is 8.23. The molecule has 0 aliphatic heterocycles. The molecule has 0 aliphatic carbocycles. The highest BCUT2D eigenvalue weighted by atomic mass is 16.6. The lowest BCUT2D eigenvalue weighted by molar-refractivity contribution is -0.129. The van der Waals surface area contributed by atoms with Gasteiger partial charge >= 0.3 is 0 Å². The maximum Gasteiger partial charge on any atom is 0.267 e. The molecule has 0 aromatic heterocycles. The molecule has 0 aliphatic rings. The van der Waals surface area contributed by atoms with Gasteiger partial charge in [0.25, 0.3) is 5.91 Å². The summed E-state index contributed by atoms with van der Waals surface area (Å²) in [6, 6.07) is 15.2. The van der Waals surface area contributed by atoms with E-state index in [1.165, 1.54) is 6.08 Å². The van der Waals surface area contributed by atoms with Gasteiger partial charge in [-0.25, -0.2) is 5.48 Å². The third-order valence-electron chi connectivity index (χ3n) is 3.62. The number of methoxy groups -OCH3 is 1. The second-order valence-electron chi connectivity index (χ2n) is 5.69. The summed E-state index contributed by atoms with van der Waals surface area (Å²) in [6.07, 6.45) is 5.18. The molecule has 0 fully saturated rings. The monoisotopic (exact) mass is 355 g/mol. The average molecular weight is 355 g/mol. The molecule has 0 saturated carbocycles. The van der Waals surface area contributed by atoms with Crippen LogP contribution >= 0.6 is 0 Å². The number of amides is 1. The second-order valence-corrected chi connectivity index (χ2v) is 5.69. The third kappa shape index (κ3) is 6.61. The first kappa shape index (κ1) is 19.5. The zero-order valence-corrected chi connectivity index (χ0v) is 15.2. The molecule has 1 amide bonds. The van der Waals surface area contributed by atoms with Crippen LogP contribution in [0.2, 0.25) is 0 Å². The molecular weight excluding hydrogens is 330 g/mol. The summed E-state index contributed by atoms with van der Waals surface area (Å²) in [5.74, 6) is 1.01. The molecule has 0 unspecified atom stereocenters. The minimum atomic E-state index is -0.330. The molecule has 0 radical (unpaired) electrons. The Morgan fingerprint density at radius 2 is 1.92 bits per heavy atom. The molecule has 1 N–H and O–H groups in total. The van der Waals surface area contributed by atoms with Crippen LogP contribution in [0.3, 0.4) is 0 Å². The van der Waals surface area contributed by atoms with Crippen LogP contribution in [-0.4, -0.2) is 19.6 Å². The first-order valence-corrected chi connectivity index (χ1v) is 8.67. The van der Waals surface area contributed by atoms with Gasteiger partial charge in [-0.15, -0.1) is 0 Å². The van der Waals surface area contributed by atoms with E-state index in [0.717, 1.165) is 24.0 Å². The van der Waals surface area contributed by atoms with Crippen LogP contribution in [0.25, 0.3) is 6.08 Å². The third-order valence-corrected chi connectivity index (χ3v) is 3.62. The Morgan fingerprint density at radius 3 is 2.65 bits per heavy atom. The minimum absolute atomic E-state index is 0.317. The second kappa shape index (κ2) is 10.9. The number of carbonyl (C=O) groups is 1. The fraction of sp³-hybridized carbons (Fsp3) is 0.286. The number of benzene rings is 2. The molecule has 2 aromatic carbocycles. The van der Waals surface area contributed by atoms with E-state index in [9.17, 15) is 4.79 Å². The maximum absolute atomic E-state index is 11.8. The highest BCUT2D eigenvalue weighted by Crippen LogP contribution is 2.28. The smallest absolute Gasteiger partial charge is 0.267 e. The van der Waals surface area contributed by atoms with Crippen molar-refractivity contribution in [2.75, 3.05) is 13.7 Å². The Bertz CT molecular complexity index is 713. The fourth-order valence-corrected chi connectivity index (χ4v) is 2.20. The predicted molar refractivity (Wildman–Crippen MR) is 102 cm³/mol. The SMILES string of the molecule is CCCCOc1ccc(C=CC(=O)NOCc2ccccc2)cc1OC. The van der Waals surface area contributed by atoms with Crippen LogP contribution in [0.1, 0.15) is 30.9 Å². The fourth-order valence-electron chi connectivity index (χ4n) is 2.20. The molecule has 138 valence electrons. The highest BCUT2D eigenvalue weighted by molar-refractivity contribution is 5.91. The van der Waals surface area contributed by atoms with Crippen molar-refractivity contribution < 1.29 is 19.1 Å². The molecule has 2 rings (SSSR count). The van der Waals surface area contributed by atoms with Crippen molar-refractivity contribution in [3.05, 3.63) is 65.7 Å². The number of unbranched alkanes of at least 4 members (excludes halogenated alkanes) is 1. The van der Waals surface area contributed by atoms with E-state index in [4.69, 9.17) is 14.3 Å². The molecule has 0 bridgehead atoms. The summed E-state index contributed by atoms with van der Waals surface area (Å²) in [6.45, 7) is 3.09. The van der Waals surface area contributed by atoms with Gasteiger partial charge < -0.3 is 9.47 Å². The molecule has 0 heterocycles. The Balaban J connectivity index is 1.85. The normalized spacial score (nSPS) is 10.7.